The molecule has 0 bridgehead atoms. The molecule has 1 amide bonds. The molecule has 0 aliphatic carbocycles. The van der Waals surface area contributed by atoms with Crippen LogP contribution in [0.15, 0.2) is 6.20 Å². The highest BCUT2D eigenvalue weighted by Gasteiger charge is 2.25. The van der Waals surface area contributed by atoms with Crippen LogP contribution in [0.5, 0.6) is 5.88 Å². The Morgan fingerprint density at radius 2 is 2.11 bits per heavy atom. The summed E-state index contributed by atoms with van der Waals surface area (Å²) in [5, 5.41) is 4.11. The Morgan fingerprint density at radius 1 is 1.42 bits per heavy atom. The highest BCUT2D eigenvalue weighted by molar-refractivity contribution is 5.96. The second kappa shape index (κ2) is 6.03. The van der Waals surface area contributed by atoms with E-state index in [-0.39, 0.29) is 5.91 Å². The second-order valence-electron chi connectivity index (χ2n) is 4.65. The van der Waals surface area contributed by atoms with Gasteiger partial charge in [-0.05, 0) is 0 Å². The number of nitrogens with two attached hydrogens (primary N) is 1. The number of aromatic nitrogens is 2. The zero-order valence-corrected chi connectivity index (χ0v) is 11.5. The Balaban J connectivity index is 2.01. The van der Waals surface area contributed by atoms with Gasteiger partial charge in [-0.3, -0.25) is 14.4 Å². The summed E-state index contributed by atoms with van der Waals surface area (Å²) < 4.78 is 6.73. The first-order valence-corrected chi connectivity index (χ1v) is 6.45. The lowest BCUT2D eigenvalue weighted by atomic mass is 10.2. The van der Waals surface area contributed by atoms with Gasteiger partial charge < -0.3 is 15.4 Å². The lowest BCUT2D eigenvalue weighted by Gasteiger charge is -2.34. The lowest BCUT2D eigenvalue weighted by molar-refractivity contribution is 0.0637. The molecule has 0 atom stereocenters. The largest absolute Gasteiger partial charge is 0.479 e. The summed E-state index contributed by atoms with van der Waals surface area (Å²) in [6.07, 6.45) is 1.70. The first-order valence-electron chi connectivity index (χ1n) is 6.45. The van der Waals surface area contributed by atoms with E-state index in [0.29, 0.717) is 18.0 Å². The van der Waals surface area contributed by atoms with Crippen molar-refractivity contribution in [2.24, 2.45) is 12.8 Å². The van der Waals surface area contributed by atoms with Crippen molar-refractivity contribution in [3.8, 4) is 5.88 Å². The van der Waals surface area contributed by atoms with Crippen molar-refractivity contribution in [2.75, 3.05) is 46.4 Å². The Bertz CT molecular complexity index is 437. The van der Waals surface area contributed by atoms with E-state index in [2.05, 4.69) is 10.00 Å². The third-order valence-electron chi connectivity index (χ3n) is 3.32. The number of carbonyl (C=O) groups excluding carboxylic acids is 1. The Kier molecular flexibility index (Phi) is 4.39. The molecule has 1 saturated heterocycles. The third kappa shape index (κ3) is 3.05. The maximum atomic E-state index is 12.4. The number of hydrogen-bond donors (Lipinski definition) is 1. The fraction of sp³-hybridized carbons (Fsp3) is 0.667. The third-order valence-corrected chi connectivity index (χ3v) is 3.32. The molecular formula is C12H21N5O2. The molecule has 1 aliphatic rings. The number of methoxy groups -OCH3 is 1. The van der Waals surface area contributed by atoms with Crippen LogP contribution in [0.3, 0.4) is 0 Å². The van der Waals surface area contributed by atoms with Crippen LogP contribution in [-0.4, -0.2) is 71.9 Å². The first kappa shape index (κ1) is 13.8. The maximum Gasteiger partial charge on any atom is 0.261 e. The number of carbonyl (C=O) groups is 1. The molecule has 19 heavy (non-hydrogen) atoms. The van der Waals surface area contributed by atoms with Crippen molar-refractivity contribution >= 4 is 5.91 Å². The van der Waals surface area contributed by atoms with Gasteiger partial charge in [0.2, 0.25) is 5.88 Å². The van der Waals surface area contributed by atoms with E-state index in [1.54, 1.807) is 17.9 Å². The first-order chi connectivity index (χ1) is 9.15. The van der Waals surface area contributed by atoms with Crippen molar-refractivity contribution in [3.63, 3.8) is 0 Å². The standard InChI is InChI=1S/C12H21N5O2/c1-15-9-10(11(14-15)19-2)12(18)17-7-5-16(4-3-13)6-8-17/h9H,3-8,13H2,1-2H3. The van der Waals surface area contributed by atoms with Gasteiger partial charge in [0.15, 0.2) is 0 Å². The smallest absolute Gasteiger partial charge is 0.261 e. The summed E-state index contributed by atoms with van der Waals surface area (Å²) in [6, 6.07) is 0. The van der Waals surface area contributed by atoms with Crippen LogP contribution >= 0.6 is 0 Å². The average Bonchev–Trinajstić information content (AvgIpc) is 2.80. The lowest BCUT2D eigenvalue weighted by Crippen LogP contribution is -2.49. The molecule has 1 aliphatic heterocycles. The molecule has 2 rings (SSSR count). The fourth-order valence-electron chi connectivity index (χ4n) is 2.29. The average molecular weight is 267 g/mol. The molecule has 7 nitrogen and oxygen atoms in total. The normalized spacial score (nSPS) is 16.7. The molecule has 0 spiro atoms. The molecule has 1 aromatic rings. The molecule has 1 fully saturated rings. The van der Waals surface area contributed by atoms with Crippen molar-refractivity contribution in [2.45, 2.75) is 0 Å². The minimum Gasteiger partial charge on any atom is -0.479 e. The molecular weight excluding hydrogens is 246 g/mol. The summed E-state index contributed by atoms with van der Waals surface area (Å²) in [5.41, 5.74) is 6.06. The summed E-state index contributed by atoms with van der Waals surface area (Å²) in [4.78, 5) is 16.5. The Morgan fingerprint density at radius 3 is 2.68 bits per heavy atom. The Labute approximate surface area is 112 Å². The van der Waals surface area contributed by atoms with Crippen LogP contribution in [0.4, 0.5) is 0 Å². The molecule has 1 aromatic heterocycles. The van der Waals surface area contributed by atoms with Crippen molar-refractivity contribution in [1.29, 1.82) is 0 Å². The van der Waals surface area contributed by atoms with Gasteiger partial charge in [-0.2, -0.15) is 0 Å². The zero-order valence-electron chi connectivity index (χ0n) is 11.5. The van der Waals surface area contributed by atoms with E-state index in [4.69, 9.17) is 10.5 Å². The van der Waals surface area contributed by atoms with Gasteiger partial charge in [0.1, 0.15) is 5.56 Å². The van der Waals surface area contributed by atoms with Gasteiger partial charge in [-0.15, -0.1) is 5.10 Å². The van der Waals surface area contributed by atoms with Gasteiger partial charge in [0.05, 0.1) is 7.11 Å². The van der Waals surface area contributed by atoms with E-state index < -0.39 is 0 Å². The van der Waals surface area contributed by atoms with E-state index in [9.17, 15) is 4.79 Å². The second-order valence-corrected chi connectivity index (χ2v) is 4.65. The summed E-state index contributed by atoms with van der Waals surface area (Å²) >= 11 is 0. The van der Waals surface area contributed by atoms with Crippen molar-refractivity contribution in [3.05, 3.63) is 11.8 Å². The summed E-state index contributed by atoms with van der Waals surface area (Å²) in [7, 11) is 3.30. The quantitative estimate of drug-likeness (QED) is 0.768. The maximum absolute atomic E-state index is 12.4. The molecule has 7 heteroatoms. The van der Waals surface area contributed by atoms with Gasteiger partial charge in [-0.1, -0.05) is 0 Å². The predicted octanol–water partition coefficient (Wildman–Crippen LogP) is -0.855. The molecule has 106 valence electrons. The monoisotopic (exact) mass is 267 g/mol. The SMILES string of the molecule is COc1nn(C)cc1C(=O)N1CCN(CCN)CC1. The molecule has 0 unspecified atom stereocenters. The van der Waals surface area contributed by atoms with Crippen LogP contribution in [0.25, 0.3) is 0 Å². The Hall–Kier alpha value is -1.60. The van der Waals surface area contributed by atoms with Crippen LogP contribution in [0.2, 0.25) is 0 Å². The van der Waals surface area contributed by atoms with Crippen LogP contribution in [0.1, 0.15) is 10.4 Å². The van der Waals surface area contributed by atoms with E-state index in [1.165, 1.54) is 7.11 Å². The molecule has 0 aromatic carbocycles. The summed E-state index contributed by atoms with van der Waals surface area (Å²) in [6.45, 7) is 4.72. The number of nitrogens with zero attached hydrogens (tertiary/aromatic N) is 4. The van der Waals surface area contributed by atoms with Crippen molar-refractivity contribution in [1.82, 2.24) is 19.6 Å². The number of rotatable bonds is 4. The molecule has 0 radical (unpaired) electrons. The molecule has 2 N–H and O–H groups in total. The van der Waals surface area contributed by atoms with Gasteiger partial charge in [-0.25, -0.2) is 0 Å². The molecule has 0 saturated carbocycles. The number of piperazine rings is 1. The van der Waals surface area contributed by atoms with Crippen molar-refractivity contribution < 1.29 is 9.53 Å². The number of amides is 1. The minimum absolute atomic E-state index is 0.0163. The summed E-state index contributed by atoms with van der Waals surface area (Å²) in [5.74, 6) is 0.370. The molecule has 2 heterocycles. The zero-order chi connectivity index (χ0) is 13.8. The number of hydrogen-bond acceptors (Lipinski definition) is 5. The van der Waals surface area contributed by atoms with Gasteiger partial charge in [0.25, 0.3) is 5.91 Å². The fourth-order valence-corrected chi connectivity index (χ4v) is 2.29. The van der Waals surface area contributed by atoms with E-state index >= 15 is 0 Å². The number of aryl methyl sites for hydroxylation is 1. The highest BCUT2D eigenvalue weighted by atomic mass is 16.5. The van der Waals surface area contributed by atoms with Gasteiger partial charge in [0, 0.05) is 52.5 Å². The van der Waals surface area contributed by atoms with Gasteiger partial charge >= 0.3 is 0 Å². The number of ether oxygens (including phenoxy) is 1. The van der Waals surface area contributed by atoms with Crippen LogP contribution < -0.4 is 10.5 Å². The predicted molar refractivity (Wildman–Crippen MR) is 71.2 cm³/mol. The minimum atomic E-state index is -0.0163. The topological polar surface area (TPSA) is 76.6 Å². The van der Waals surface area contributed by atoms with E-state index in [0.717, 1.165) is 32.7 Å². The highest BCUT2D eigenvalue weighted by Crippen LogP contribution is 2.18. The van der Waals surface area contributed by atoms with E-state index in [1.807, 2.05) is 4.90 Å². The van der Waals surface area contributed by atoms with Crippen LogP contribution in [0, 0.1) is 0 Å². The van der Waals surface area contributed by atoms with Crippen LogP contribution in [-0.2, 0) is 7.05 Å².